The van der Waals surface area contributed by atoms with Gasteiger partial charge in [-0.3, -0.25) is 4.79 Å². The van der Waals surface area contributed by atoms with Crippen LogP contribution in [-0.4, -0.2) is 12.1 Å². The number of benzene rings is 1. The Bertz CT molecular complexity index is 418. The molecule has 0 amide bonds. The summed E-state index contributed by atoms with van der Waals surface area (Å²) in [5.74, 6) is 0.152. The lowest BCUT2D eigenvalue weighted by Gasteiger charge is -2.37. The predicted molar refractivity (Wildman–Crippen MR) is 71.4 cm³/mol. The van der Waals surface area contributed by atoms with E-state index in [2.05, 4.69) is 0 Å². The molecule has 1 aromatic rings. The van der Waals surface area contributed by atoms with Crippen molar-refractivity contribution in [3.63, 3.8) is 0 Å². The fourth-order valence-corrected chi connectivity index (χ4v) is 3.25. The first kappa shape index (κ1) is 13.0. The van der Waals surface area contributed by atoms with Crippen LogP contribution in [0, 0.1) is 5.92 Å². The smallest absolute Gasteiger partial charge is 0.147 e. The van der Waals surface area contributed by atoms with Crippen molar-refractivity contribution in [1.82, 2.24) is 0 Å². The molecular weight excluding hydrogens is 224 g/mol. The summed E-state index contributed by atoms with van der Waals surface area (Å²) in [5.41, 5.74) is -0.0544. The highest BCUT2D eigenvalue weighted by Gasteiger charge is 2.44. The van der Waals surface area contributed by atoms with E-state index in [0.29, 0.717) is 0 Å². The molecule has 0 N–H and O–H groups in total. The third kappa shape index (κ3) is 2.12. The van der Waals surface area contributed by atoms with Crippen molar-refractivity contribution in [1.29, 1.82) is 0 Å². The molecule has 2 rings (SSSR count). The number of ketones is 1. The van der Waals surface area contributed by atoms with Gasteiger partial charge in [0.25, 0.3) is 0 Å². The van der Waals surface area contributed by atoms with Crippen molar-refractivity contribution >= 4 is 12.1 Å². The van der Waals surface area contributed by atoms with Crippen LogP contribution < -0.4 is 0 Å². The van der Waals surface area contributed by atoms with Gasteiger partial charge in [0, 0.05) is 0 Å². The normalized spacial score (nSPS) is 20.1. The minimum absolute atomic E-state index is 0.0180. The van der Waals surface area contributed by atoms with Crippen LogP contribution in [0.5, 0.6) is 0 Å². The maximum Gasteiger partial charge on any atom is 0.147 e. The van der Waals surface area contributed by atoms with Crippen LogP contribution in [0.3, 0.4) is 0 Å². The molecule has 1 aliphatic rings. The molecule has 1 fully saturated rings. The number of hydrogen-bond acceptors (Lipinski definition) is 2. The molecule has 0 saturated heterocycles. The molecule has 96 valence electrons. The number of Topliss-reactive ketones (excluding diaryl/α,β-unsaturated/α-hetero) is 1. The van der Waals surface area contributed by atoms with Crippen LogP contribution in [0.2, 0.25) is 0 Å². The van der Waals surface area contributed by atoms with E-state index in [-0.39, 0.29) is 11.7 Å². The summed E-state index contributed by atoms with van der Waals surface area (Å²) in [5, 5.41) is 0. The second-order valence-electron chi connectivity index (χ2n) is 5.24. The van der Waals surface area contributed by atoms with Gasteiger partial charge >= 0.3 is 0 Å². The van der Waals surface area contributed by atoms with Crippen LogP contribution in [0.15, 0.2) is 30.3 Å². The number of hydrogen-bond donors (Lipinski definition) is 0. The predicted octanol–water partition coefficient (Wildman–Crippen LogP) is 3.29. The molecule has 1 saturated carbocycles. The summed E-state index contributed by atoms with van der Waals surface area (Å²) in [6.07, 6.45) is 6.32. The Labute approximate surface area is 108 Å². The van der Waals surface area contributed by atoms with E-state index < -0.39 is 5.41 Å². The molecule has 0 aliphatic heterocycles. The quantitative estimate of drug-likeness (QED) is 0.601. The highest BCUT2D eigenvalue weighted by Crippen LogP contribution is 2.40. The van der Waals surface area contributed by atoms with Crippen LogP contribution in [0.4, 0.5) is 0 Å². The minimum atomic E-state index is -0.915. The first-order chi connectivity index (χ1) is 8.71. The van der Waals surface area contributed by atoms with Crippen molar-refractivity contribution in [3.8, 4) is 0 Å². The van der Waals surface area contributed by atoms with Gasteiger partial charge < -0.3 is 4.79 Å². The average Bonchev–Trinajstić information content (AvgIpc) is 2.42. The summed E-state index contributed by atoms with van der Waals surface area (Å²) < 4.78 is 0. The fourth-order valence-electron chi connectivity index (χ4n) is 3.25. The van der Waals surface area contributed by atoms with E-state index in [1.165, 1.54) is 6.42 Å². The zero-order chi connectivity index (χ0) is 13.0. The van der Waals surface area contributed by atoms with Crippen LogP contribution in [0.25, 0.3) is 0 Å². The number of rotatable bonds is 4. The Morgan fingerprint density at radius 2 is 1.78 bits per heavy atom. The molecule has 0 aromatic heterocycles. The van der Waals surface area contributed by atoms with Crippen molar-refractivity contribution in [3.05, 3.63) is 35.9 Å². The molecule has 0 bridgehead atoms. The maximum absolute atomic E-state index is 12.2. The van der Waals surface area contributed by atoms with Gasteiger partial charge in [0.2, 0.25) is 0 Å². The van der Waals surface area contributed by atoms with E-state index in [1.54, 1.807) is 6.92 Å². The lowest BCUT2D eigenvalue weighted by molar-refractivity contribution is -0.131. The summed E-state index contributed by atoms with van der Waals surface area (Å²) in [7, 11) is 0. The fraction of sp³-hybridized carbons (Fsp3) is 0.500. The van der Waals surface area contributed by atoms with Gasteiger partial charge in [0.05, 0.1) is 0 Å². The highest BCUT2D eigenvalue weighted by molar-refractivity contribution is 6.03. The molecule has 1 atom stereocenters. The molecular formula is C16H20O2. The van der Waals surface area contributed by atoms with Gasteiger partial charge in [-0.2, -0.15) is 0 Å². The van der Waals surface area contributed by atoms with E-state index in [1.807, 2.05) is 30.3 Å². The summed E-state index contributed by atoms with van der Waals surface area (Å²) in [6.45, 7) is 1.55. The Morgan fingerprint density at radius 3 is 2.28 bits per heavy atom. The summed E-state index contributed by atoms with van der Waals surface area (Å²) in [4.78, 5) is 23.9. The first-order valence-electron chi connectivity index (χ1n) is 6.74. The molecule has 1 unspecified atom stereocenters. The molecule has 2 nitrogen and oxygen atoms in total. The van der Waals surface area contributed by atoms with Crippen LogP contribution in [-0.2, 0) is 15.0 Å². The Kier molecular flexibility index (Phi) is 3.95. The topological polar surface area (TPSA) is 34.1 Å². The minimum Gasteiger partial charge on any atom is -0.302 e. The second kappa shape index (κ2) is 5.47. The van der Waals surface area contributed by atoms with Gasteiger partial charge in [-0.15, -0.1) is 0 Å². The lowest BCUT2D eigenvalue weighted by atomic mass is 9.64. The summed E-state index contributed by atoms with van der Waals surface area (Å²) in [6, 6.07) is 9.54. The van der Waals surface area contributed by atoms with Crippen molar-refractivity contribution in [2.24, 2.45) is 5.92 Å². The second-order valence-corrected chi connectivity index (χ2v) is 5.24. The zero-order valence-electron chi connectivity index (χ0n) is 10.9. The highest BCUT2D eigenvalue weighted by atomic mass is 16.1. The van der Waals surface area contributed by atoms with Gasteiger partial charge in [-0.25, -0.2) is 0 Å². The van der Waals surface area contributed by atoms with Gasteiger partial charge in [0.15, 0.2) is 0 Å². The lowest BCUT2D eigenvalue weighted by Crippen LogP contribution is -2.44. The largest absolute Gasteiger partial charge is 0.302 e. The number of aldehydes is 1. The van der Waals surface area contributed by atoms with Crippen LogP contribution in [0.1, 0.15) is 44.6 Å². The Balaban J connectivity index is 2.45. The van der Waals surface area contributed by atoms with E-state index in [4.69, 9.17) is 0 Å². The SMILES string of the molecule is CC(=O)C(C=O)(c1ccccc1)C1CCCCC1. The number of carbonyl (C=O) groups excluding carboxylic acids is 2. The first-order valence-corrected chi connectivity index (χ1v) is 6.74. The number of carbonyl (C=O) groups is 2. The molecule has 1 aromatic carbocycles. The maximum atomic E-state index is 12.2. The van der Waals surface area contributed by atoms with Gasteiger partial charge in [-0.05, 0) is 31.2 Å². The molecule has 18 heavy (non-hydrogen) atoms. The van der Waals surface area contributed by atoms with Crippen molar-refractivity contribution in [2.75, 3.05) is 0 Å². The van der Waals surface area contributed by atoms with Gasteiger partial charge in [0.1, 0.15) is 17.5 Å². The van der Waals surface area contributed by atoms with Gasteiger partial charge in [-0.1, -0.05) is 49.6 Å². The molecule has 0 radical (unpaired) electrons. The van der Waals surface area contributed by atoms with Crippen molar-refractivity contribution < 1.29 is 9.59 Å². The van der Waals surface area contributed by atoms with Crippen molar-refractivity contribution in [2.45, 2.75) is 44.4 Å². The standard InChI is InChI=1S/C16H20O2/c1-13(18)16(12-17,14-8-4-2-5-9-14)15-10-6-3-7-11-15/h2,4-5,8-9,12,15H,3,6-7,10-11H2,1H3. The van der Waals surface area contributed by atoms with E-state index in [9.17, 15) is 9.59 Å². The average molecular weight is 244 g/mol. The molecule has 1 aliphatic carbocycles. The zero-order valence-corrected chi connectivity index (χ0v) is 10.9. The molecule has 0 spiro atoms. The van der Waals surface area contributed by atoms with E-state index in [0.717, 1.165) is 37.5 Å². The molecule has 2 heteroatoms. The third-order valence-corrected chi connectivity index (χ3v) is 4.27. The Hall–Kier alpha value is -1.44. The monoisotopic (exact) mass is 244 g/mol. The Morgan fingerprint density at radius 1 is 1.17 bits per heavy atom. The third-order valence-electron chi connectivity index (χ3n) is 4.27. The van der Waals surface area contributed by atoms with Crippen LogP contribution >= 0.6 is 0 Å². The summed E-state index contributed by atoms with van der Waals surface area (Å²) >= 11 is 0. The molecule has 0 heterocycles. The van der Waals surface area contributed by atoms with E-state index >= 15 is 0 Å².